The summed E-state index contributed by atoms with van der Waals surface area (Å²) in [7, 11) is 0. The Morgan fingerprint density at radius 3 is 2.95 bits per heavy atom. The number of epoxide rings is 1. The van der Waals surface area contributed by atoms with Crippen LogP contribution in [0.4, 0.5) is 4.79 Å². The molecule has 1 saturated heterocycles. The third-order valence-electron chi connectivity index (χ3n) is 3.86. The quantitative estimate of drug-likeness (QED) is 0.863. The Kier molecular flexibility index (Phi) is 3.01. The van der Waals surface area contributed by atoms with Crippen molar-refractivity contribution in [3.63, 3.8) is 0 Å². The smallest absolute Gasteiger partial charge is 0.407 e. The van der Waals surface area contributed by atoms with Gasteiger partial charge in [-0.05, 0) is 31.9 Å². The molecule has 3 rings (SSSR count). The van der Waals surface area contributed by atoms with Crippen LogP contribution in [0.15, 0.2) is 24.3 Å². The van der Waals surface area contributed by atoms with E-state index in [1.165, 1.54) is 11.1 Å². The molecule has 1 aromatic carbocycles. The van der Waals surface area contributed by atoms with E-state index in [9.17, 15) is 4.79 Å². The highest BCUT2D eigenvalue weighted by Gasteiger charge is 2.61. The van der Waals surface area contributed by atoms with Gasteiger partial charge >= 0.3 is 6.09 Å². The molecule has 1 amide bonds. The molecule has 4 heteroatoms. The summed E-state index contributed by atoms with van der Waals surface area (Å²) in [6.45, 7) is 6.15. The summed E-state index contributed by atoms with van der Waals surface area (Å²) >= 11 is 0. The molecule has 1 fully saturated rings. The lowest BCUT2D eigenvalue weighted by atomic mass is 9.97. The van der Waals surface area contributed by atoms with Gasteiger partial charge < -0.3 is 14.8 Å². The first-order chi connectivity index (χ1) is 9.41. The first-order valence-electron chi connectivity index (χ1n) is 7.14. The first-order valence-corrected chi connectivity index (χ1v) is 7.14. The topological polar surface area (TPSA) is 50.9 Å². The minimum Gasteiger partial charge on any atom is -0.444 e. The summed E-state index contributed by atoms with van der Waals surface area (Å²) in [5.74, 6) is 0. The van der Waals surface area contributed by atoms with Gasteiger partial charge in [0, 0.05) is 19.4 Å². The van der Waals surface area contributed by atoms with E-state index in [1.54, 1.807) is 0 Å². The van der Waals surface area contributed by atoms with Crippen LogP contribution >= 0.6 is 0 Å². The summed E-state index contributed by atoms with van der Waals surface area (Å²) in [6, 6.07) is 8.41. The van der Waals surface area contributed by atoms with Crippen molar-refractivity contribution in [2.45, 2.75) is 50.9 Å². The Morgan fingerprint density at radius 2 is 2.20 bits per heavy atom. The van der Waals surface area contributed by atoms with E-state index in [4.69, 9.17) is 9.47 Å². The van der Waals surface area contributed by atoms with Crippen molar-refractivity contribution in [2.24, 2.45) is 0 Å². The summed E-state index contributed by atoms with van der Waals surface area (Å²) < 4.78 is 11.1. The van der Waals surface area contributed by atoms with E-state index in [2.05, 4.69) is 23.5 Å². The molecule has 20 heavy (non-hydrogen) atoms. The van der Waals surface area contributed by atoms with E-state index in [1.807, 2.05) is 26.8 Å². The maximum absolute atomic E-state index is 11.6. The molecule has 4 nitrogen and oxygen atoms in total. The van der Waals surface area contributed by atoms with Gasteiger partial charge in [0.05, 0.1) is 6.10 Å². The number of hydrogen-bond acceptors (Lipinski definition) is 3. The van der Waals surface area contributed by atoms with Gasteiger partial charge in [0.1, 0.15) is 11.2 Å². The molecule has 1 aromatic rings. The lowest BCUT2D eigenvalue weighted by Gasteiger charge is -2.20. The van der Waals surface area contributed by atoms with Gasteiger partial charge in [0.15, 0.2) is 0 Å². The van der Waals surface area contributed by atoms with Gasteiger partial charge in [-0.15, -0.1) is 0 Å². The van der Waals surface area contributed by atoms with E-state index in [-0.39, 0.29) is 11.7 Å². The van der Waals surface area contributed by atoms with Crippen molar-refractivity contribution in [1.82, 2.24) is 5.32 Å². The van der Waals surface area contributed by atoms with Crippen LogP contribution in [-0.2, 0) is 21.5 Å². The average molecular weight is 275 g/mol. The molecule has 108 valence electrons. The predicted molar refractivity (Wildman–Crippen MR) is 75.6 cm³/mol. The zero-order chi connectivity index (χ0) is 14.4. The largest absolute Gasteiger partial charge is 0.444 e. The molecule has 0 bridgehead atoms. The lowest BCUT2D eigenvalue weighted by molar-refractivity contribution is 0.0523. The van der Waals surface area contributed by atoms with Crippen molar-refractivity contribution < 1.29 is 14.3 Å². The molecule has 1 heterocycles. The van der Waals surface area contributed by atoms with Crippen molar-refractivity contribution >= 4 is 6.09 Å². The molecular formula is C16H21NO3. The number of rotatable bonds is 3. The Labute approximate surface area is 119 Å². The SMILES string of the molecule is CC(C)(C)OC(=O)NCCC12OC1Cc1ccccc12. The highest BCUT2D eigenvalue weighted by Crippen LogP contribution is 2.56. The van der Waals surface area contributed by atoms with E-state index < -0.39 is 5.60 Å². The van der Waals surface area contributed by atoms with Gasteiger partial charge in [-0.25, -0.2) is 4.79 Å². The number of fused-ring (bicyclic) bond motifs is 3. The first kappa shape index (κ1) is 13.4. The Morgan fingerprint density at radius 1 is 1.45 bits per heavy atom. The third-order valence-corrected chi connectivity index (χ3v) is 3.86. The standard InChI is InChI=1S/C16H21NO3/c1-15(2,3)20-14(18)17-9-8-16-12-7-5-4-6-11(12)10-13(16)19-16/h4-7,13H,8-10H2,1-3H3,(H,17,18). The average Bonchev–Trinajstić information content (AvgIpc) is 2.94. The van der Waals surface area contributed by atoms with Gasteiger partial charge in [0.25, 0.3) is 0 Å². The minimum atomic E-state index is -0.457. The molecule has 0 radical (unpaired) electrons. The normalized spacial score (nSPS) is 26.6. The molecule has 1 aliphatic carbocycles. The molecule has 0 saturated carbocycles. The molecule has 0 spiro atoms. The van der Waals surface area contributed by atoms with Crippen molar-refractivity contribution in [1.29, 1.82) is 0 Å². The number of nitrogens with one attached hydrogen (secondary N) is 1. The monoisotopic (exact) mass is 275 g/mol. The second kappa shape index (κ2) is 4.48. The Hall–Kier alpha value is -1.55. The van der Waals surface area contributed by atoms with Crippen molar-refractivity contribution in [3.8, 4) is 0 Å². The summed E-state index contributed by atoms with van der Waals surface area (Å²) in [5.41, 5.74) is 2.05. The summed E-state index contributed by atoms with van der Waals surface area (Å²) in [5, 5.41) is 2.81. The number of alkyl carbamates (subject to hydrolysis) is 1. The van der Waals surface area contributed by atoms with Crippen LogP contribution in [0.1, 0.15) is 38.3 Å². The highest BCUT2D eigenvalue weighted by molar-refractivity contribution is 5.67. The van der Waals surface area contributed by atoms with Gasteiger partial charge in [0.2, 0.25) is 0 Å². The van der Waals surface area contributed by atoms with Gasteiger partial charge in [-0.2, -0.15) is 0 Å². The fraction of sp³-hybridized carbons (Fsp3) is 0.562. The lowest BCUT2D eigenvalue weighted by Crippen LogP contribution is -2.34. The van der Waals surface area contributed by atoms with Crippen LogP contribution in [0.3, 0.4) is 0 Å². The van der Waals surface area contributed by atoms with Crippen molar-refractivity contribution in [3.05, 3.63) is 35.4 Å². The van der Waals surface area contributed by atoms with Crippen LogP contribution in [0.2, 0.25) is 0 Å². The fourth-order valence-corrected chi connectivity index (χ4v) is 2.99. The van der Waals surface area contributed by atoms with E-state index in [0.717, 1.165) is 12.8 Å². The molecule has 0 aromatic heterocycles. The van der Waals surface area contributed by atoms with Gasteiger partial charge in [-0.3, -0.25) is 0 Å². The van der Waals surface area contributed by atoms with E-state index in [0.29, 0.717) is 12.6 Å². The number of amides is 1. The molecular weight excluding hydrogens is 254 g/mol. The van der Waals surface area contributed by atoms with Crippen LogP contribution in [0.25, 0.3) is 0 Å². The number of carbonyl (C=O) groups is 1. The van der Waals surface area contributed by atoms with Crippen LogP contribution in [0, 0.1) is 0 Å². The Bertz CT molecular complexity index is 535. The summed E-state index contributed by atoms with van der Waals surface area (Å²) in [4.78, 5) is 11.6. The van der Waals surface area contributed by atoms with Crippen LogP contribution in [0.5, 0.6) is 0 Å². The second-order valence-electron chi connectivity index (χ2n) is 6.54. The zero-order valence-corrected chi connectivity index (χ0v) is 12.2. The Balaban J connectivity index is 1.55. The molecule has 1 N–H and O–H groups in total. The van der Waals surface area contributed by atoms with E-state index >= 15 is 0 Å². The maximum Gasteiger partial charge on any atom is 0.407 e. The molecule has 2 unspecified atom stereocenters. The third kappa shape index (κ3) is 2.40. The number of ether oxygens (including phenoxy) is 2. The van der Waals surface area contributed by atoms with Crippen LogP contribution < -0.4 is 5.32 Å². The number of hydrogen-bond donors (Lipinski definition) is 1. The molecule has 1 aliphatic heterocycles. The molecule has 2 aliphatic rings. The number of benzene rings is 1. The number of carbonyl (C=O) groups excluding carboxylic acids is 1. The van der Waals surface area contributed by atoms with Crippen molar-refractivity contribution in [2.75, 3.05) is 6.54 Å². The summed E-state index contributed by atoms with van der Waals surface area (Å²) in [6.07, 6.45) is 1.72. The fourth-order valence-electron chi connectivity index (χ4n) is 2.99. The maximum atomic E-state index is 11.6. The molecule has 2 atom stereocenters. The predicted octanol–water partition coefficient (Wildman–Crippen LogP) is 2.75. The zero-order valence-electron chi connectivity index (χ0n) is 12.2. The second-order valence-corrected chi connectivity index (χ2v) is 6.54. The van der Waals surface area contributed by atoms with Crippen LogP contribution in [-0.4, -0.2) is 24.3 Å². The minimum absolute atomic E-state index is 0.161. The van der Waals surface area contributed by atoms with Gasteiger partial charge in [-0.1, -0.05) is 24.3 Å². The highest BCUT2D eigenvalue weighted by atomic mass is 16.6.